The van der Waals surface area contributed by atoms with Crippen LogP contribution >= 0.6 is 11.6 Å². The van der Waals surface area contributed by atoms with E-state index in [-0.39, 0.29) is 0 Å². The second-order valence-corrected chi connectivity index (χ2v) is 4.97. The van der Waals surface area contributed by atoms with E-state index in [1.54, 1.807) is 0 Å². The van der Waals surface area contributed by atoms with Gasteiger partial charge in [-0.05, 0) is 36.2 Å². The Hall–Kier alpha value is -1.38. The minimum atomic E-state index is 0.376. The number of benzene rings is 1. The summed E-state index contributed by atoms with van der Waals surface area (Å²) < 4.78 is 0. The molecule has 2 nitrogen and oxygen atoms in total. The molecule has 1 atom stereocenters. The Balaban J connectivity index is 1.87. The van der Waals surface area contributed by atoms with Gasteiger partial charge in [0.2, 0.25) is 0 Å². The molecule has 1 aromatic carbocycles. The molecule has 0 aliphatic heterocycles. The molecule has 1 unspecified atom stereocenters. The van der Waals surface area contributed by atoms with Crippen molar-refractivity contribution in [3.05, 3.63) is 64.9 Å². The van der Waals surface area contributed by atoms with Crippen LogP contribution in [0.1, 0.15) is 30.6 Å². The molecule has 1 heterocycles. The summed E-state index contributed by atoms with van der Waals surface area (Å²) in [5, 5.41) is 4.35. The molecular weight excluding hydrogens is 256 g/mol. The quantitative estimate of drug-likeness (QED) is 0.861. The SMILES string of the molecule is CCC(NCCc1ccccn1)c1ccc(Cl)cc1. The number of rotatable bonds is 6. The Morgan fingerprint density at radius 2 is 1.95 bits per heavy atom. The van der Waals surface area contributed by atoms with E-state index in [9.17, 15) is 0 Å². The fourth-order valence-corrected chi connectivity index (χ4v) is 2.24. The van der Waals surface area contributed by atoms with Gasteiger partial charge in [0.25, 0.3) is 0 Å². The molecule has 0 saturated heterocycles. The third kappa shape index (κ3) is 4.34. The maximum atomic E-state index is 5.92. The largest absolute Gasteiger partial charge is 0.310 e. The van der Waals surface area contributed by atoms with Gasteiger partial charge in [-0.25, -0.2) is 0 Å². The zero-order valence-corrected chi connectivity index (χ0v) is 11.9. The highest BCUT2D eigenvalue weighted by molar-refractivity contribution is 6.30. The molecule has 19 heavy (non-hydrogen) atoms. The Kier molecular flexibility index (Phi) is 5.37. The summed E-state index contributed by atoms with van der Waals surface area (Å²) in [6.45, 7) is 3.12. The zero-order chi connectivity index (χ0) is 13.5. The van der Waals surface area contributed by atoms with Crippen LogP contribution in [-0.2, 0) is 6.42 Å². The van der Waals surface area contributed by atoms with Crippen molar-refractivity contribution in [3.8, 4) is 0 Å². The lowest BCUT2D eigenvalue weighted by molar-refractivity contribution is 0.521. The van der Waals surface area contributed by atoms with E-state index in [1.165, 1.54) is 5.56 Å². The summed E-state index contributed by atoms with van der Waals surface area (Å²) in [5.41, 5.74) is 2.41. The Bertz CT molecular complexity index is 482. The normalized spacial score (nSPS) is 12.3. The number of aromatic nitrogens is 1. The molecule has 2 rings (SSSR count). The van der Waals surface area contributed by atoms with Crippen LogP contribution in [0.5, 0.6) is 0 Å². The first-order chi connectivity index (χ1) is 9.29. The first-order valence-corrected chi connectivity index (χ1v) is 7.06. The molecule has 0 bridgehead atoms. The Labute approximate surface area is 119 Å². The maximum Gasteiger partial charge on any atom is 0.0416 e. The van der Waals surface area contributed by atoms with Gasteiger partial charge in [0.1, 0.15) is 0 Å². The van der Waals surface area contributed by atoms with Gasteiger partial charge in [0, 0.05) is 35.9 Å². The molecule has 100 valence electrons. The van der Waals surface area contributed by atoms with E-state index in [0.717, 1.165) is 30.1 Å². The maximum absolute atomic E-state index is 5.92. The second kappa shape index (κ2) is 7.27. The van der Waals surface area contributed by atoms with E-state index in [1.807, 2.05) is 30.5 Å². The van der Waals surface area contributed by atoms with Gasteiger partial charge in [0.15, 0.2) is 0 Å². The van der Waals surface area contributed by atoms with Crippen LogP contribution in [0.15, 0.2) is 48.7 Å². The summed E-state index contributed by atoms with van der Waals surface area (Å²) in [6, 6.07) is 14.5. The molecule has 1 aromatic heterocycles. The fraction of sp³-hybridized carbons (Fsp3) is 0.312. The van der Waals surface area contributed by atoms with Crippen LogP contribution in [0.3, 0.4) is 0 Å². The zero-order valence-electron chi connectivity index (χ0n) is 11.1. The fourth-order valence-electron chi connectivity index (χ4n) is 2.11. The van der Waals surface area contributed by atoms with Crippen LogP contribution in [0.4, 0.5) is 0 Å². The predicted octanol–water partition coefficient (Wildman–Crippen LogP) is 4.02. The van der Waals surface area contributed by atoms with E-state index in [4.69, 9.17) is 11.6 Å². The predicted molar refractivity (Wildman–Crippen MR) is 80.4 cm³/mol. The number of nitrogens with one attached hydrogen (secondary N) is 1. The van der Waals surface area contributed by atoms with Crippen LogP contribution in [0.25, 0.3) is 0 Å². The third-order valence-electron chi connectivity index (χ3n) is 3.18. The first-order valence-electron chi connectivity index (χ1n) is 6.68. The van der Waals surface area contributed by atoms with Crippen LogP contribution < -0.4 is 5.32 Å². The Morgan fingerprint density at radius 1 is 1.16 bits per heavy atom. The number of pyridine rings is 1. The number of halogens is 1. The molecule has 0 amide bonds. The van der Waals surface area contributed by atoms with Gasteiger partial charge < -0.3 is 5.32 Å². The van der Waals surface area contributed by atoms with Crippen molar-refractivity contribution in [2.75, 3.05) is 6.54 Å². The molecular formula is C16H19ClN2. The lowest BCUT2D eigenvalue weighted by Crippen LogP contribution is -2.23. The van der Waals surface area contributed by atoms with Crippen LogP contribution in [0.2, 0.25) is 5.02 Å². The van der Waals surface area contributed by atoms with Crippen molar-refractivity contribution >= 4 is 11.6 Å². The first kappa shape index (κ1) is 14.0. The highest BCUT2D eigenvalue weighted by Crippen LogP contribution is 2.18. The summed E-state index contributed by atoms with van der Waals surface area (Å²) >= 11 is 5.92. The average Bonchev–Trinajstić information content (AvgIpc) is 2.46. The highest BCUT2D eigenvalue weighted by atomic mass is 35.5. The molecule has 0 radical (unpaired) electrons. The van der Waals surface area contributed by atoms with Gasteiger partial charge in [-0.3, -0.25) is 4.98 Å². The summed E-state index contributed by atoms with van der Waals surface area (Å²) in [4.78, 5) is 4.33. The molecule has 0 aliphatic carbocycles. The van der Waals surface area contributed by atoms with Crippen LogP contribution in [0, 0.1) is 0 Å². The van der Waals surface area contributed by atoms with Crippen molar-refractivity contribution in [2.24, 2.45) is 0 Å². The van der Waals surface area contributed by atoms with Gasteiger partial charge in [0.05, 0.1) is 0 Å². The Morgan fingerprint density at radius 3 is 2.58 bits per heavy atom. The number of nitrogens with zero attached hydrogens (tertiary/aromatic N) is 1. The molecule has 2 aromatic rings. The monoisotopic (exact) mass is 274 g/mol. The topological polar surface area (TPSA) is 24.9 Å². The van der Waals surface area contributed by atoms with Gasteiger partial charge >= 0.3 is 0 Å². The number of hydrogen-bond acceptors (Lipinski definition) is 2. The molecule has 0 saturated carbocycles. The smallest absolute Gasteiger partial charge is 0.0416 e. The number of hydrogen-bond donors (Lipinski definition) is 1. The minimum Gasteiger partial charge on any atom is -0.310 e. The average molecular weight is 275 g/mol. The molecule has 0 aliphatic rings. The van der Waals surface area contributed by atoms with Crippen molar-refractivity contribution < 1.29 is 0 Å². The summed E-state index contributed by atoms with van der Waals surface area (Å²) in [7, 11) is 0. The van der Waals surface area contributed by atoms with E-state index in [2.05, 4.69) is 35.4 Å². The summed E-state index contributed by atoms with van der Waals surface area (Å²) in [6.07, 6.45) is 3.85. The van der Waals surface area contributed by atoms with Gasteiger partial charge in [-0.1, -0.05) is 36.7 Å². The third-order valence-corrected chi connectivity index (χ3v) is 3.43. The van der Waals surface area contributed by atoms with Crippen molar-refractivity contribution in [1.82, 2.24) is 10.3 Å². The van der Waals surface area contributed by atoms with Gasteiger partial charge in [-0.2, -0.15) is 0 Å². The lowest BCUT2D eigenvalue weighted by Gasteiger charge is -2.17. The van der Waals surface area contributed by atoms with Crippen molar-refractivity contribution in [2.45, 2.75) is 25.8 Å². The molecule has 0 spiro atoms. The lowest BCUT2D eigenvalue weighted by atomic mass is 10.0. The van der Waals surface area contributed by atoms with E-state index < -0.39 is 0 Å². The highest BCUT2D eigenvalue weighted by Gasteiger charge is 2.08. The van der Waals surface area contributed by atoms with E-state index >= 15 is 0 Å². The molecule has 3 heteroatoms. The molecule has 0 fully saturated rings. The van der Waals surface area contributed by atoms with Crippen LogP contribution in [-0.4, -0.2) is 11.5 Å². The van der Waals surface area contributed by atoms with Crippen molar-refractivity contribution in [3.63, 3.8) is 0 Å². The molecule has 1 N–H and O–H groups in total. The van der Waals surface area contributed by atoms with E-state index in [0.29, 0.717) is 6.04 Å². The second-order valence-electron chi connectivity index (χ2n) is 4.54. The van der Waals surface area contributed by atoms with Gasteiger partial charge in [-0.15, -0.1) is 0 Å². The van der Waals surface area contributed by atoms with Crippen molar-refractivity contribution in [1.29, 1.82) is 0 Å². The standard InChI is InChI=1S/C16H19ClN2/c1-2-16(13-6-8-14(17)9-7-13)19-12-10-15-5-3-4-11-18-15/h3-9,11,16,19H,2,10,12H2,1H3. The minimum absolute atomic E-state index is 0.376. The summed E-state index contributed by atoms with van der Waals surface area (Å²) in [5.74, 6) is 0.